The van der Waals surface area contributed by atoms with E-state index < -0.39 is 0 Å². The summed E-state index contributed by atoms with van der Waals surface area (Å²) in [5.74, 6) is 0.194. The van der Waals surface area contributed by atoms with Crippen molar-refractivity contribution in [3.8, 4) is 0 Å². The van der Waals surface area contributed by atoms with Gasteiger partial charge in [0.05, 0.1) is 11.3 Å². The summed E-state index contributed by atoms with van der Waals surface area (Å²) in [7, 11) is 1.82. The highest BCUT2D eigenvalue weighted by atomic mass is 35.5. The summed E-state index contributed by atoms with van der Waals surface area (Å²) < 4.78 is 0. The Morgan fingerprint density at radius 3 is 2.31 bits per heavy atom. The first-order valence-corrected chi connectivity index (χ1v) is 10.4. The summed E-state index contributed by atoms with van der Waals surface area (Å²) >= 11 is 5.92. The minimum absolute atomic E-state index is 0.00201. The smallest absolute Gasteiger partial charge is 0.255 e. The molecule has 0 spiro atoms. The Morgan fingerprint density at radius 2 is 1.72 bits per heavy atom. The minimum Gasteiger partial charge on any atom is -0.339 e. The molecule has 1 fully saturated rings. The largest absolute Gasteiger partial charge is 0.339 e. The molecule has 0 bridgehead atoms. The first kappa shape index (κ1) is 21.3. The van der Waals surface area contributed by atoms with Crippen molar-refractivity contribution in [2.24, 2.45) is 0 Å². The molecular formula is C23H28ClN3O2. The fourth-order valence-electron chi connectivity index (χ4n) is 3.62. The zero-order chi connectivity index (χ0) is 21.1. The van der Waals surface area contributed by atoms with Crippen molar-refractivity contribution in [1.29, 1.82) is 0 Å². The number of nitrogens with zero attached hydrogens (tertiary/aromatic N) is 3. The molecule has 154 valence electrons. The van der Waals surface area contributed by atoms with Gasteiger partial charge < -0.3 is 9.80 Å². The first-order chi connectivity index (χ1) is 13.8. The molecule has 0 N–H and O–H groups in total. The van der Waals surface area contributed by atoms with Crippen molar-refractivity contribution in [3.63, 3.8) is 0 Å². The Morgan fingerprint density at radius 1 is 1.10 bits per heavy atom. The molecule has 5 nitrogen and oxygen atoms in total. The summed E-state index contributed by atoms with van der Waals surface area (Å²) in [6.07, 6.45) is 1.59. The molecule has 29 heavy (non-hydrogen) atoms. The normalized spacial score (nSPS) is 14.9. The number of benzene rings is 1. The summed E-state index contributed by atoms with van der Waals surface area (Å²) in [5, 5.41) is 0.620. The molecule has 0 aliphatic carbocycles. The Kier molecular flexibility index (Phi) is 6.58. The maximum atomic E-state index is 13.0. The lowest BCUT2D eigenvalue weighted by Gasteiger charge is -2.33. The molecule has 0 unspecified atom stereocenters. The van der Waals surface area contributed by atoms with Crippen LogP contribution in [0.25, 0.3) is 0 Å². The number of hydrogen-bond donors (Lipinski definition) is 0. The lowest BCUT2D eigenvalue weighted by Crippen LogP contribution is -2.39. The Bertz CT molecular complexity index is 887. The molecule has 2 heterocycles. The van der Waals surface area contributed by atoms with E-state index in [0.717, 1.165) is 24.2 Å². The van der Waals surface area contributed by atoms with Gasteiger partial charge in [0, 0.05) is 48.4 Å². The zero-order valence-corrected chi connectivity index (χ0v) is 18.2. The number of amides is 2. The van der Waals surface area contributed by atoms with Crippen LogP contribution in [0, 0.1) is 6.92 Å². The van der Waals surface area contributed by atoms with Crippen molar-refractivity contribution < 1.29 is 9.59 Å². The second-order valence-corrected chi connectivity index (χ2v) is 8.41. The van der Waals surface area contributed by atoms with Crippen LogP contribution in [0.2, 0.25) is 5.02 Å². The maximum absolute atomic E-state index is 13.0. The number of carbonyl (C=O) groups excluding carboxylic acids is 2. The average molecular weight is 414 g/mol. The van der Waals surface area contributed by atoms with Gasteiger partial charge in [-0.2, -0.15) is 0 Å². The molecule has 1 saturated heterocycles. The molecule has 1 aliphatic heterocycles. The molecule has 0 radical (unpaired) electrons. The van der Waals surface area contributed by atoms with Crippen LogP contribution in [0.1, 0.15) is 64.7 Å². The topological polar surface area (TPSA) is 53.5 Å². The number of carbonyl (C=O) groups is 2. The first-order valence-electron chi connectivity index (χ1n) is 10.1. The van der Waals surface area contributed by atoms with Crippen LogP contribution in [0.5, 0.6) is 0 Å². The third-order valence-corrected chi connectivity index (χ3v) is 5.90. The predicted molar refractivity (Wildman–Crippen MR) is 116 cm³/mol. The van der Waals surface area contributed by atoms with Gasteiger partial charge in [0.15, 0.2) is 0 Å². The summed E-state index contributed by atoms with van der Waals surface area (Å²) in [4.78, 5) is 34.1. The van der Waals surface area contributed by atoms with Crippen LogP contribution in [-0.4, -0.2) is 52.8 Å². The van der Waals surface area contributed by atoms with E-state index in [0.29, 0.717) is 29.2 Å². The molecular weight excluding hydrogens is 386 g/mol. The number of rotatable bonds is 4. The van der Waals surface area contributed by atoms with E-state index in [1.807, 2.05) is 44.9 Å². The van der Waals surface area contributed by atoms with Gasteiger partial charge in [0.25, 0.3) is 11.8 Å². The van der Waals surface area contributed by atoms with Gasteiger partial charge in [0.1, 0.15) is 0 Å². The molecule has 2 amide bonds. The summed E-state index contributed by atoms with van der Waals surface area (Å²) in [6, 6.07) is 10.9. The monoisotopic (exact) mass is 413 g/mol. The lowest BCUT2D eigenvalue weighted by molar-refractivity contribution is 0.0703. The molecule has 1 aromatic heterocycles. The molecule has 3 rings (SSSR count). The Labute approximate surface area is 177 Å². The molecule has 1 aromatic carbocycles. The zero-order valence-electron chi connectivity index (χ0n) is 17.5. The summed E-state index contributed by atoms with van der Waals surface area (Å²) in [6.45, 7) is 7.24. The number of pyridine rings is 1. The van der Waals surface area contributed by atoms with E-state index >= 15 is 0 Å². The third-order valence-electron chi connectivity index (χ3n) is 5.65. The number of halogens is 1. The van der Waals surface area contributed by atoms with Crippen LogP contribution in [0.15, 0.2) is 36.4 Å². The lowest BCUT2D eigenvalue weighted by atomic mass is 9.89. The molecule has 6 heteroatoms. The van der Waals surface area contributed by atoms with Crippen molar-refractivity contribution in [3.05, 3.63) is 63.9 Å². The van der Waals surface area contributed by atoms with Gasteiger partial charge >= 0.3 is 0 Å². The standard InChI is InChI=1S/C23H28ClN3O2/c1-15(2)26(4)23(29)20-10-5-16(3)25-21(20)17-11-13-27(14-12-17)22(28)18-6-8-19(24)9-7-18/h5-10,15,17H,11-14H2,1-4H3. The third kappa shape index (κ3) is 4.78. The molecule has 0 saturated carbocycles. The second kappa shape index (κ2) is 8.95. The van der Waals surface area contributed by atoms with Crippen molar-refractivity contribution >= 4 is 23.4 Å². The number of hydrogen-bond acceptors (Lipinski definition) is 3. The number of piperidine rings is 1. The molecule has 2 aromatic rings. The van der Waals surface area contributed by atoms with E-state index in [4.69, 9.17) is 16.6 Å². The van der Waals surface area contributed by atoms with Gasteiger partial charge in [-0.25, -0.2) is 0 Å². The predicted octanol–water partition coefficient (Wildman–Crippen LogP) is 4.54. The fourth-order valence-corrected chi connectivity index (χ4v) is 3.75. The minimum atomic E-state index is 0.00201. The molecule has 0 atom stereocenters. The highest BCUT2D eigenvalue weighted by molar-refractivity contribution is 6.30. The van der Waals surface area contributed by atoms with Gasteiger partial charge in [-0.1, -0.05) is 11.6 Å². The summed E-state index contributed by atoms with van der Waals surface area (Å²) in [5.41, 5.74) is 3.09. The van der Waals surface area contributed by atoms with E-state index in [1.54, 1.807) is 29.2 Å². The average Bonchev–Trinajstić information content (AvgIpc) is 2.72. The van der Waals surface area contributed by atoms with Crippen LogP contribution in [0.3, 0.4) is 0 Å². The van der Waals surface area contributed by atoms with E-state index in [1.165, 1.54) is 0 Å². The Balaban J connectivity index is 1.75. The maximum Gasteiger partial charge on any atom is 0.255 e. The van der Waals surface area contributed by atoms with Crippen LogP contribution >= 0.6 is 11.6 Å². The van der Waals surface area contributed by atoms with Crippen LogP contribution < -0.4 is 0 Å². The SMILES string of the molecule is Cc1ccc(C(=O)N(C)C(C)C)c(C2CCN(C(=O)c3ccc(Cl)cc3)CC2)n1. The van der Waals surface area contributed by atoms with Crippen molar-refractivity contribution in [2.45, 2.75) is 45.6 Å². The number of aromatic nitrogens is 1. The Hall–Kier alpha value is -2.40. The highest BCUT2D eigenvalue weighted by Gasteiger charge is 2.29. The number of likely N-dealkylation sites (tertiary alicyclic amines) is 1. The molecule has 1 aliphatic rings. The van der Waals surface area contributed by atoms with E-state index in [-0.39, 0.29) is 23.8 Å². The van der Waals surface area contributed by atoms with Gasteiger partial charge in [0.2, 0.25) is 0 Å². The van der Waals surface area contributed by atoms with E-state index in [9.17, 15) is 9.59 Å². The van der Waals surface area contributed by atoms with Crippen LogP contribution in [0.4, 0.5) is 0 Å². The van der Waals surface area contributed by atoms with Crippen molar-refractivity contribution in [2.75, 3.05) is 20.1 Å². The highest BCUT2D eigenvalue weighted by Crippen LogP contribution is 2.31. The van der Waals surface area contributed by atoms with Gasteiger partial charge in [-0.3, -0.25) is 14.6 Å². The van der Waals surface area contributed by atoms with E-state index in [2.05, 4.69) is 0 Å². The van der Waals surface area contributed by atoms with Crippen molar-refractivity contribution in [1.82, 2.24) is 14.8 Å². The quantitative estimate of drug-likeness (QED) is 0.739. The second-order valence-electron chi connectivity index (χ2n) is 7.97. The number of aryl methyl sites for hydroxylation is 1. The fraction of sp³-hybridized carbons (Fsp3) is 0.435. The van der Waals surface area contributed by atoms with Crippen LogP contribution in [-0.2, 0) is 0 Å². The van der Waals surface area contributed by atoms with Gasteiger partial charge in [-0.05, 0) is 70.0 Å². The van der Waals surface area contributed by atoms with Gasteiger partial charge in [-0.15, -0.1) is 0 Å².